The maximum atomic E-state index is 12.6. The molecule has 0 bridgehead atoms. The highest BCUT2D eigenvalue weighted by Gasteiger charge is 2.35. The molecule has 2 aliphatic heterocycles. The number of aryl methyl sites for hydroxylation is 1. The number of carbonyl (C=O) groups excluding carboxylic acids is 2. The number of amides is 2. The Morgan fingerprint density at radius 3 is 2.63 bits per heavy atom. The number of nitrogens with zero attached hydrogens (tertiary/aromatic N) is 5. The van der Waals surface area contributed by atoms with Crippen LogP contribution in [0.2, 0.25) is 10.0 Å². The quantitative estimate of drug-likeness (QED) is 0.475. The van der Waals surface area contributed by atoms with Gasteiger partial charge in [-0.1, -0.05) is 23.2 Å². The summed E-state index contributed by atoms with van der Waals surface area (Å²) in [5.74, 6) is 1.73. The Bertz CT molecular complexity index is 959. The second-order valence-corrected chi connectivity index (χ2v) is 9.32. The zero-order chi connectivity index (χ0) is 21.3. The van der Waals surface area contributed by atoms with Crippen LogP contribution < -0.4 is 0 Å². The van der Waals surface area contributed by atoms with Crippen LogP contribution in [0.5, 0.6) is 0 Å². The minimum atomic E-state index is -0.0564. The molecule has 1 aromatic heterocycles. The summed E-state index contributed by atoms with van der Waals surface area (Å²) in [4.78, 5) is 32.3. The lowest BCUT2D eigenvalue weighted by Gasteiger charge is -2.38. The third kappa shape index (κ3) is 4.46. The molecule has 4 rings (SSSR count). The first-order valence-electron chi connectivity index (χ1n) is 9.89. The van der Waals surface area contributed by atoms with E-state index in [-0.39, 0.29) is 11.9 Å². The molecule has 160 valence electrons. The van der Waals surface area contributed by atoms with Gasteiger partial charge in [-0.05, 0) is 37.3 Å². The van der Waals surface area contributed by atoms with Gasteiger partial charge in [0.25, 0.3) is 0 Å². The molecule has 7 nitrogen and oxygen atoms in total. The molecule has 2 aromatic rings. The van der Waals surface area contributed by atoms with Crippen LogP contribution in [-0.2, 0) is 11.3 Å². The summed E-state index contributed by atoms with van der Waals surface area (Å²) in [6, 6.07) is 5.52. The molecule has 30 heavy (non-hydrogen) atoms. The van der Waals surface area contributed by atoms with Crippen molar-refractivity contribution in [2.75, 3.05) is 31.9 Å². The maximum Gasteiger partial charge on any atom is 0.344 e. The van der Waals surface area contributed by atoms with E-state index in [1.54, 1.807) is 33.6 Å². The standard InChI is InChI=1S/C20H23Cl2N5O2S/c1-14-23-12-15-13-26(20(29)27(14)15)25-8-6-24(7-9-25)19(28)3-2-10-30-16-4-5-17(21)18(22)11-16/h4-5,11-12H,2-3,6-10,13H2,1H3. The Morgan fingerprint density at radius 1 is 1.17 bits per heavy atom. The fourth-order valence-electron chi connectivity index (χ4n) is 3.75. The normalized spacial score (nSPS) is 17.0. The van der Waals surface area contributed by atoms with Crippen LogP contribution in [0, 0.1) is 6.92 Å². The van der Waals surface area contributed by atoms with Gasteiger partial charge in [0.2, 0.25) is 5.91 Å². The molecule has 1 saturated heterocycles. The molecule has 0 aliphatic carbocycles. The van der Waals surface area contributed by atoms with Crippen LogP contribution in [0.25, 0.3) is 0 Å². The van der Waals surface area contributed by atoms with E-state index in [1.807, 2.05) is 29.0 Å². The summed E-state index contributed by atoms with van der Waals surface area (Å²) in [6.07, 6.45) is 3.08. The van der Waals surface area contributed by atoms with Gasteiger partial charge in [0, 0.05) is 37.5 Å². The number of imidazole rings is 1. The largest absolute Gasteiger partial charge is 0.344 e. The van der Waals surface area contributed by atoms with Crippen LogP contribution >= 0.6 is 35.0 Å². The molecular weight excluding hydrogens is 445 g/mol. The number of piperazine rings is 1. The minimum absolute atomic E-state index is 0.0564. The molecule has 2 aliphatic rings. The van der Waals surface area contributed by atoms with Crippen molar-refractivity contribution in [2.24, 2.45) is 0 Å². The molecule has 2 amide bonds. The Kier molecular flexibility index (Phi) is 6.57. The van der Waals surface area contributed by atoms with Gasteiger partial charge in [0.05, 0.1) is 28.5 Å². The molecule has 0 atom stereocenters. The highest BCUT2D eigenvalue weighted by atomic mass is 35.5. The second kappa shape index (κ2) is 9.18. The van der Waals surface area contributed by atoms with Crippen LogP contribution in [0.1, 0.15) is 24.4 Å². The summed E-state index contributed by atoms with van der Waals surface area (Å²) in [5.41, 5.74) is 0.912. The van der Waals surface area contributed by atoms with Crippen LogP contribution in [0.4, 0.5) is 4.79 Å². The average Bonchev–Trinajstić information content (AvgIpc) is 3.27. The van der Waals surface area contributed by atoms with Crippen molar-refractivity contribution in [2.45, 2.75) is 31.2 Å². The van der Waals surface area contributed by atoms with E-state index in [9.17, 15) is 9.59 Å². The van der Waals surface area contributed by atoms with E-state index < -0.39 is 0 Å². The molecule has 3 heterocycles. The van der Waals surface area contributed by atoms with Crippen molar-refractivity contribution in [1.29, 1.82) is 0 Å². The van der Waals surface area contributed by atoms with Crippen LogP contribution in [0.3, 0.4) is 0 Å². The zero-order valence-electron chi connectivity index (χ0n) is 16.7. The monoisotopic (exact) mass is 467 g/mol. The fraction of sp³-hybridized carbons (Fsp3) is 0.450. The summed E-state index contributed by atoms with van der Waals surface area (Å²) in [6.45, 7) is 4.96. The van der Waals surface area contributed by atoms with Crippen molar-refractivity contribution in [3.05, 3.63) is 46.0 Å². The Labute approximate surface area is 189 Å². The first-order valence-corrected chi connectivity index (χ1v) is 11.6. The third-order valence-corrected chi connectivity index (χ3v) is 7.20. The summed E-state index contributed by atoms with van der Waals surface area (Å²) < 4.78 is 1.66. The van der Waals surface area contributed by atoms with Crippen molar-refractivity contribution in [3.8, 4) is 0 Å². The fourth-order valence-corrected chi connectivity index (χ4v) is 5.00. The van der Waals surface area contributed by atoms with Gasteiger partial charge in [-0.15, -0.1) is 11.8 Å². The highest BCUT2D eigenvalue weighted by Crippen LogP contribution is 2.28. The number of hydrogen-bond acceptors (Lipinski definition) is 5. The number of carbonyl (C=O) groups is 2. The maximum absolute atomic E-state index is 12.6. The van der Waals surface area contributed by atoms with Crippen LogP contribution in [-0.4, -0.2) is 68.3 Å². The number of hydrogen-bond donors (Lipinski definition) is 0. The first kappa shape index (κ1) is 21.5. The minimum Gasteiger partial charge on any atom is -0.340 e. The molecule has 0 radical (unpaired) electrons. The summed E-state index contributed by atoms with van der Waals surface area (Å²) >= 11 is 13.6. The number of halogens is 2. The number of benzene rings is 1. The van der Waals surface area contributed by atoms with Crippen molar-refractivity contribution >= 4 is 46.9 Å². The molecule has 0 spiro atoms. The topological polar surface area (TPSA) is 61.7 Å². The Hall–Kier alpha value is -1.74. The molecule has 1 fully saturated rings. The number of rotatable bonds is 6. The Balaban J connectivity index is 1.19. The smallest absolute Gasteiger partial charge is 0.340 e. The summed E-state index contributed by atoms with van der Waals surface area (Å²) in [5, 5.41) is 4.90. The van der Waals surface area contributed by atoms with Gasteiger partial charge >= 0.3 is 6.03 Å². The lowest BCUT2D eigenvalue weighted by Crippen LogP contribution is -2.55. The number of fused-ring (bicyclic) bond motifs is 1. The van der Waals surface area contributed by atoms with Gasteiger partial charge in [-0.2, -0.15) is 0 Å². The predicted molar refractivity (Wildman–Crippen MR) is 118 cm³/mol. The van der Waals surface area contributed by atoms with E-state index in [0.717, 1.165) is 22.8 Å². The molecule has 0 unspecified atom stereocenters. The number of hydrazine groups is 1. The first-order chi connectivity index (χ1) is 14.4. The van der Waals surface area contributed by atoms with Gasteiger partial charge in [-0.3, -0.25) is 9.80 Å². The Morgan fingerprint density at radius 2 is 1.93 bits per heavy atom. The van der Waals surface area contributed by atoms with Crippen molar-refractivity contribution in [3.63, 3.8) is 0 Å². The molecular formula is C20H23Cl2N5O2S. The molecule has 0 N–H and O–H groups in total. The van der Waals surface area contributed by atoms with Gasteiger partial charge in [0.15, 0.2) is 0 Å². The SMILES string of the molecule is Cc1ncc2n1C(=O)N(N1CCN(C(=O)CCCSc3ccc(Cl)c(Cl)c3)CC1)C2. The van der Waals surface area contributed by atoms with E-state index in [2.05, 4.69) is 4.98 Å². The number of thioether (sulfide) groups is 1. The van der Waals surface area contributed by atoms with Gasteiger partial charge < -0.3 is 4.90 Å². The van der Waals surface area contributed by atoms with Gasteiger partial charge in [0.1, 0.15) is 5.82 Å². The van der Waals surface area contributed by atoms with Crippen LogP contribution in [0.15, 0.2) is 29.3 Å². The number of aromatic nitrogens is 2. The van der Waals surface area contributed by atoms with Crippen molar-refractivity contribution in [1.82, 2.24) is 24.5 Å². The van der Waals surface area contributed by atoms with Crippen molar-refractivity contribution < 1.29 is 9.59 Å². The molecule has 0 saturated carbocycles. The lowest BCUT2D eigenvalue weighted by molar-refractivity contribution is -0.135. The average molecular weight is 468 g/mol. The third-order valence-electron chi connectivity index (χ3n) is 5.38. The second-order valence-electron chi connectivity index (χ2n) is 7.33. The predicted octanol–water partition coefficient (Wildman–Crippen LogP) is 3.91. The highest BCUT2D eigenvalue weighted by molar-refractivity contribution is 7.99. The van der Waals surface area contributed by atoms with E-state index in [0.29, 0.717) is 55.0 Å². The molecule has 10 heteroatoms. The lowest BCUT2D eigenvalue weighted by atomic mass is 10.2. The van der Waals surface area contributed by atoms with E-state index in [4.69, 9.17) is 23.2 Å². The van der Waals surface area contributed by atoms with E-state index in [1.165, 1.54) is 0 Å². The molecule has 1 aromatic carbocycles. The zero-order valence-corrected chi connectivity index (χ0v) is 19.0. The van der Waals surface area contributed by atoms with E-state index >= 15 is 0 Å². The van der Waals surface area contributed by atoms with Gasteiger partial charge in [-0.25, -0.2) is 19.4 Å². The summed E-state index contributed by atoms with van der Waals surface area (Å²) in [7, 11) is 0.